The Morgan fingerprint density at radius 2 is 1.87 bits per heavy atom. The topological polar surface area (TPSA) is 69.0 Å². The number of ether oxygens (including phenoxy) is 1. The highest BCUT2D eigenvalue weighted by Gasteiger charge is 2.18. The SMILES string of the molecule is Cc1cccc(NC(=O)CSc2nnc(C(C)Oc3ccc(C(C)C)cc3)n2C)c1. The van der Waals surface area contributed by atoms with Crippen LogP contribution in [-0.4, -0.2) is 26.4 Å². The van der Waals surface area contributed by atoms with E-state index in [4.69, 9.17) is 4.74 Å². The molecule has 0 fully saturated rings. The number of benzene rings is 2. The van der Waals surface area contributed by atoms with Gasteiger partial charge < -0.3 is 14.6 Å². The molecule has 30 heavy (non-hydrogen) atoms. The van der Waals surface area contributed by atoms with E-state index in [1.54, 1.807) is 0 Å². The summed E-state index contributed by atoms with van der Waals surface area (Å²) in [6, 6.07) is 15.9. The second kappa shape index (κ2) is 9.80. The van der Waals surface area contributed by atoms with Crippen molar-refractivity contribution in [2.24, 2.45) is 7.05 Å². The second-order valence-electron chi connectivity index (χ2n) is 7.59. The van der Waals surface area contributed by atoms with Crippen molar-refractivity contribution in [1.29, 1.82) is 0 Å². The average Bonchev–Trinajstić information content (AvgIpc) is 3.07. The molecule has 1 heterocycles. The molecule has 0 bridgehead atoms. The van der Waals surface area contributed by atoms with Crippen LogP contribution in [-0.2, 0) is 11.8 Å². The minimum absolute atomic E-state index is 0.0790. The number of aromatic nitrogens is 3. The van der Waals surface area contributed by atoms with Gasteiger partial charge in [0.2, 0.25) is 5.91 Å². The molecule has 6 nitrogen and oxygen atoms in total. The van der Waals surface area contributed by atoms with Gasteiger partial charge in [-0.25, -0.2) is 0 Å². The van der Waals surface area contributed by atoms with E-state index >= 15 is 0 Å². The Morgan fingerprint density at radius 3 is 2.53 bits per heavy atom. The molecular weight excluding hydrogens is 396 g/mol. The first-order valence-corrected chi connectivity index (χ1v) is 11.0. The fraction of sp³-hybridized carbons (Fsp3) is 0.348. The minimum atomic E-state index is -0.261. The predicted octanol–water partition coefficient (Wildman–Crippen LogP) is 5.12. The van der Waals surface area contributed by atoms with E-state index in [0.29, 0.717) is 16.9 Å². The maximum Gasteiger partial charge on any atom is 0.234 e. The summed E-state index contributed by atoms with van der Waals surface area (Å²) >= 11 is 1.35. The van der Waals surface area contributed by atoms with Crippen LogP contribution in [0, 0.1) is 6.92 Å². The van der Waals surface area contributed by atoms with E-state index in [9.17, 15) is 4.79 Å². The Labute approximate surface area is 182 Å². The molecule has 0 aliphatic rings. The summed E-state index contributed by atoms with van der Waals surface area (Å²) in [6.45, 7) is 8.27. The van der Waals surface area contributed by atoms with Crippen LogP contribution in [0.3, 0.4) is 0 Å². The average molecular weight is 425 g/mol. The molecule has 0 spiro atoms. The smallest absolute Gasteiger partial charge is 0.234 e. The number of carbonyl (C=O) groups is 1. The quantitative estimate of drug-likeness (QED) is 0.509. The zero-order valence-corrected chi connectivity index (χ0v) is 18.9. The molecule has 0 radical (unpaired) electrons. The van der Waals surface area contributed by atoms with Crippen LogP contribution in [0.5, 0.6) is 5.75 Å². The van der Waals surface area contributed by atoms with Crippen LogP contribution in [0.15, 0.2) is 53.7 Å². The highest BCUT2D eigenvalue weighted by atomic mass is 32.2. The molecule has 2 aromatic carbocycles. The van der Waals surface area contributed by atoms with Crippen molar-refractivity contribution in [3.05, 3.63) is 65.5 Å². The van der Waals surface area contributed by atoms with E-state index in [-0.39, 0.29) is 17.8 Å². The number of carbonyl (C=O) groups excluding carboxylic acids is 1. The first-order chi connectivity index (χ1) is 14.3. The van der Waals surface area contributed by atoms with Gasteiger partial charge >= 0.3 is 0 Å². The summed E-state index contributed by atoms with van der Waals surface area (Å²) in [5.74, 6) is 2.17. The molecule has 0 aliphatic heterocycles. The zero-order chi connectivity index (χ0) is 21.7. The lowest BCUT2D eigenvalue weighted by Crippen LogP contribution is -2.15. The molecule has 3 aromatic rings. The summed E-state index contributed by atoms with van der Waals surface area (Å²) in [4.78, 5) is 12.3. The van der Waals surface area contributed by atoms with Crippen LogP contribution < -0.4 is 10.1 Å². The molecule has 7 heteroatoms. The van der Waals surface area contributed by atoms with E-state index < -0.39 is 0 Å². The van der Waals surface area contributed by atoms with Gasteiger partial charge in [-0.2, -0.15) is 0 Å². The lowest BCUT2D eigenvalue weighted by Gasteiger charge is -2.15. The Balaban J connectivity index is 1.57. The molecule has 1 amide bonds. The lowest BCUT2D eigenvalue weighted by molar-refractivity contribution is -0.113. The van der Waals surface area contributed by atoms with Gasteiger partial charge in [-0.1, -0.05) is 49.9 Å². The van der Waals surface area contributed by atoms with Crippen molar-refractivity contribution >= 4 is 23.4 Å². The molecule has 0 aliphatic carbocycles. The Hall–Kier alpha value is -2.80. The summed E-state index contributed by atoms with van der Waals surface area (Å²) in [5, 5.41) is 12.1. The summed E-state index contributed by atoms with van der Waals surface area (Å²) < 4.78 is 7.91. The van der Waals surface area contributed by atoms with Crippen LogP contribution in [0.2, 0.25) is 0 Å². The lowest BCUT2D eigenvalue weighted by atomic mass is 10.0. The normalized spacial score (nSPS) is 12.1. The van der Waals surface area contributed by atoms with Crippen molar-refractivity contribution in [3.8, 4) is 5.75 Å². The van der Waals surface area contributed by atoms with Gasteiger partial charge in [0.15, 0.2) is 17.1 Å². The number of amides is 1. The number of nitrogens with zero attached hydrogens (tertiary/aromatic N) is 3. The van der Waals surface area contributed by atoms with E-state index in [2.05, 4.69) is 41.5 Å². The third-order valence-corrected chi connectivity index (χ3v) is 5.75. The van der Waals surface area contributed by atoms with Gasteiger partial charge in [-0.3, -0.25) is 4.79 Å². The van der Waals surface area contributed by atoms with E-state index in [0.717, 1.165) is 17.0 Å². The zero-order valence-electron chi connectivity index (χ0n) is 18.0. The third kappa shape index (κ3) is 5.63. The van der Waals surface area contributed by atoms with Crippen molar-refractivity contribution in [1.82, 2.24) is 14.8 Å². The largest absolute Gasteiger partial charge is 0.483 e. The van der Waals surface area contributed by atoms with Gasteiger partial charge in [0.05, 0.1) is 5.75 Å². The molecule has 158 valence electrons. The first kappa shape index (κ1) is 21.9. The standard InChI is InChI=1S/C23H28N4O2S/c1-15(2)18-9-11-20(12-10-18)29-17(4)22-25-26-23(27(22)5)30-14-21(28)24-19-8-6-7-16(3)13-19/h6-13,15,17H,14H2,1-5H3,(H,24,28). The van der Waals surface area contributed by atoms with Crippen molar-refractivity contribution in [3.63, 3.8) is 0 Å². The first-order valence-electron chi connectivity index (χ1n) is 9.98. The molecule has 0 saturated heterocycles. The molecule has 3 rings (SSSR count). The number of anilines is 1. The van der Waals surface area contributed by atoms with Crippen molar-refractivity contribution in [2.45, 2.75) is 44.9 Å². The maximum absolute atomic E-state index is 12.3. The van der Waals surface area contributed by atoms with E-state index in [1.807, 2.05) is 61.9 Å². The number of thioether (sulfide) groups is 1. The number of aryl methyl sites for hydroxylation is 1. The predicted molar refractivity (Wildman–Crippen MR) is 121 cm³/mol. The Bertz CT molecular complexity index is 999. The van der Waals surface area contributed by atoms with Crippen molar-refractivity contribution < 1.29 is 9.53 Å². The van der Waals surface area contributed by atoms with Gasteiger partial charge in [0, 0.05) is 12.7 Å². The van der Waals surface area contributed by atoms with Crippen LogP contribution in [0.1, 0.15) is 49.7 Å². The molecule has 1 atom stereocenters. The highest BCUT2D eigenvalue weighted by molar-refractivity contribution is 7.99. The number of nitrogens with one attached hydrogen (secondary N) is 1. The molecule has 0 saturated carbocycles. The highest BCUT2D eigenvalue weighted by Crippen LogP contribution is 2.25. The minimum Gasteiger partial charge on any atom is -0.483 e. The van der Waals surface area contributed by atoms with Gasteiger partial charge in [-0.15, -0.1) is 10.2 Å². The Morgan fingerprint density at radius 1 is 1.13 bits per heavy atom. The monoisotopic (exact) mass is 424 g/mol. The maximum atomic E-state index is 12.3. The molecule has 1 aromatic heterocycles. The number of hydrogen-bond acceptors (Lipinski definition) is 5. The van der Waals surface area contributed by atoms with Gasteiger partial charge in [0.1, 0.15) is 5.75 Å². The Kier molecular flexibility index (Phi) is 7.15. The molecule has 1 N–H and O–H groups in total. The van der Waals surface area contributed by atoms with Gasteiger partial charge in [-0.05, 0) is 55.2 Å². The second-order valence-corrected chi connectivity index (χ2v) is 8.53. The van der Waals surface area contributed by atoms with Gasteiger partial charge in [0.25, 0.3) is 0 Å². The fourth-order valence-corrected chi connectivity index (χ4v) is 3.76. The number of rotatable bonds is 8. The molecular formula is C23H28N4O2S. The van der Waals surface area contributed by atoms with E-state index in [1.165, 1.54) is 17.3 Å². The molecule has 1 unspecified atom stereocenters. The van der Waals surface area contributed by atoms with Crippen LogP contribution in [0.25, 0.3) is 0 Å². The summed E-state index contributed by atoms with van der Waals surface area (Å²) in [5.41, 5.74) is 3.17. The third-order valence-electron chi connectivity index (χ3n) is 4.73. The summed E-state index contributed by atoms with van der Waals surface area (Å²) in [6.07, 6.45) is -0.261. The van der Waals surface area contributed by atoms with Crippen molar-refractivity contribution in [2.75, 3.05) is 11.1 Å². The number of hydrogen-bond donors (Lipinski definition) is 1. The summed E-state index contributed by atoms with van der Waals surface area (Å²) in [7, 11) is 1.89. The van der Waals surface area contributed by atoms with Crippen LogP contribution >= 0.6 is 11.8 Å². The fourth-order valence-electron chi connectivity index (χ4n) is 3.04. The van der Waals surface area contributed by atoms with Crippen LogP contribution in [0.4, 0.5) is 5.69 Å².